The second-order valence-electron chi connectivity index (χ2n) is 11.1. The van der Waals surface area contributed by atoms with Gasteiger partial charge in [-0.15, -0.1) is 0 Å². The number of likely N-dealkylation sites (tertiary alicyclic amines) is 1. The van der Waals surface area contributed by atoms with Crippen molar-refractivity contribution in [2.75, 3.05) is 24.7 Å². The first-order valence-electron chi connectivity index (χ1n) is 13.1. The van der Waals surface area contributed by atoms with Gasteiger partial charge in [0.15, 0.2) is 0 Å². The Kier molecular flexibility index (Phi) is 6.31. The van der Waals surface area contributed by atoms with Crippen LogP contribution in [0.15, 0.2) is 42.5 Å². The van der Waals surface area contributed by atoms with Gasteiger partial charge in [0.25, 0.3) is 5.91 Å². The molecule has 2 saturated heterocycles. The predicted molar refractivity (Wildman–Crippen MR) is 138 cm³/mol. The number of esters is 1. The minimum atomic E-state index is -1.37. The molecule has 2 amide bonds. The molecular weight excluding hydrogens is 472 g/mol. The number of carbonyl (C=O) groups excluding carboxylic acids is 3. The molecule has 37 heavy (non-hydrogen) atoms. The summed E-state index contributed by atoms with van der Waals surface area (Å²) in [7, 11) is 0. The van der Waals surface area contributed by atoms with Gasteiger partial charge in [-0.05, 0) is 50.0 Å². The SMILES string of the molecule is CC[C@H](C)[C@H](CO)N1C(=O)[C@@H]2[C@@H]3C(=O)OCC=C[C@]3(C)O[C@@]23C=CCN(c2cc(C)ccc2C)C(=O)C13. The second kappa shape index (κ2) is 9.10. The van der Waals surface area contributed by atoms with E-state index >= 15 is 0 Å². The van der Waals surface area contributed by atoms with Crippen molar-refractivity contribution in [2.24, 2.45) is 17.8 Å². The van der Waals surface area contributed by atoms with Crippen molar-refractivity contribution >= 4 is 23.5 Å². The third-order valence-electron chi connectivity index (χ3n) is 8.75. The topological polar surface area (TPSA) is 96.4 Å². The molecule has 4 aliphatic rings. The van der Waals surface area contributed by atoms with Gasteiger partial charge in [0.1, 0.15) is 24.2 Å². The number of hydrogen-bond donors (Lipinski definition) is 1. The van der Waals surface area contributed by atoms with E-state index < -0.39 is 41.1 Å². The van der Waals surface area contributed by atoms with Crippen LogP contribution in [-0.2, 0) is 23.9 Å². The summed E-state index contributed by atoms with van der Waals surface area (Å²) in [5, 5.41) is 10.5. The normalized spacial score (nSPS) is 34.4. The van der Waals surface area contributed by atoms with Crippen LogP contribution in [0.5, 0.6) is 0 Å². The summed E-state index contributed by atoms with van der Waals surface area (Å²) in [6.07, 6.45) is 7.90. The molecule has 8 heteroatoms. The number of fused-ring (bicyclic) bond motifs is 2. The fourth-order valence-electron chi connectivity index (χ4n) is 6.69. The molecular formula is C29H36N2O6. The highest BCUT2D eigenvalue weighted by molar-refractivity contribution is 6.06. The number of carbonyl (C=O) groups is 3. The summed E-state index contributed by atoms with van der Waals surface area (Å²) in [6.45, 7) is 9.77. The molecule has 2 fully saturated rings. The highest BCUT2D eigenvalue weighted by Crippen LogP contribution is 2.58. The van der Waals surface area contributed by atoms with Gasteiger partial charge >= 0.3 is 5.97 Å². The predicted octanol–water partition coefficient (Wildman–Crippen LogP) is 2.70. The van der Waals surface area contributed by atoms with E-state index in [4.69, 9.17) is 9.47 Å². The van der Waals surface area contributed by atoms with E-state index in [0.717, 1.165) is 16.8 Å². The average Bonchev–Trinajstić information content (AvgIpc) is 3.12. The van der Waals surface area contributed by atoms with E-state index in [2.05, 4.69) is 0 Å². The zero-order valence-corrected chi connectivity index (χ0v) is 22.1. The van der Waals surface area contributed by atoms with Crippen LogP contribution in [0.25, 0.3) is 0 Å². The molecule has 0 saturated carbocycles. The summed E-state index contributed by atoms with van der Waals surface area (Å²) < 4.78 is 12.2. The van der Waals surface area contributed by atoms with Crippen LogP contribution in [0.3, 0.4) is 0 Å². The molecule has 0 aliphatic carbocycles. The van der Waals surface area contributed by atoms with Crippen molar-refractivity contribution in [1.82, 2.24) is 4.90 Å². The van der Waals surface area contributed by atoms with Crippen LogP contribution in [0, 0.1) is 31.6 Å². The number of ether oxygens (including phenoxy) is 2. The summed E-state index contributed by atoms with van der Waals surface area (Å²) in [5.41, 5.74) is 0.238. The van der Waals surface area contributed by atoms with Gasteiger partial charge in [-0.25, -0.2) is 0 Å². The Morgan fingerprint density at radius 3 is 2.57 bits per heavy atom. The average molecular weight is 509 g/mol. The van der Waals surface area contributed by atoms with E-state index in [0.29, 0.717) is 13.0 Å². The number of amides is 2. The van der Waals surface area contributed by atoms with Crippen LogP contribution in [-0.4, -0.2) is 70.8 Å². The van der Waals surface area contributed by atoms with Gasteiger partial charge < -0.3 is 24.4 Å². The second-order valence-corrected chi connectivity index (χ2v) is 11.1. The van der Waals surface area contributed by atoms with Crippen LogP contribution in [0.4, 0.5) is 5.69 Å². The molecule has 8 nitrogen and oxygen atoms in total. The molecule has 1 aromatic carbocycles. The van der Waals surface area contributed by atoms with E-state index in [-0.39, 0.29) is 30.9 Å². The lowest BCUT2D eigenvalue weighted by molar-refractivity contribution is -0.158. The zero-order chi connectivity index (χ0) is 26.7. The highest BCUT2D eigenvalue weighted by atomic mass is 16.6. The van der Waals surface area contributed by atoms with Crippen molar-refractivity contribution in [3.8, 4) is 0 Å². The number of nitrogens with zero attached hydrogens (tertiary/aromatic N) is 2. The Bertz CT molecular complexity index is 1190. The van der Waals surface area contributed by atoms with E-state index in [1.807, 2.05) is 58.0 Å². The first-order valence-corrected chi connectivity index (χ1v) is 13.1. The third kappa shape index (κ3) is 3.67. The van der Waals surface area contributed by atoms with Gasteiger partial charge in [-0.3, -0.25) is 14.4 Å². The molecule has 198 valence electrons. The third-order valence-corrected chi connectivity index (χ3v) is 8.75. The number of anilines is 1. The fourth-order valence-corrected chi connectivity index (χ4v) is 6.69. The Hall–Kier alpha value is -2.97. The van der Waals surface area contributed by atoms with E-state index in [1.165, 1.54) is 4.90 Å². The molecule has 4 heterocycles. The molecule has 5 rings (SSSR count). The van der Waals surface area contributed by atoms with Crippen LogP contribution in [0.2, 0.25) is 0 Å². The van der Waals surface area contributed by atoms with Gasteiger partial charge in [0.2, 0.25) is 5.91 Å². The maximum atomic E-state index is 14.6. The largest absolute Gasteiger partial charge is 0.461 e. The molecule has 7 atom stereocenters. The zero-order valence-electron chi connectivity index (χ0n) is 22.1. The van der Waals surface area contributed by atoms with Gasteiger partial charge in [0, 0.05) is 12.2 Å². The monoisotopic (exact) mass is 508 g/mol. The van der Waals surface area contributed by atoms with E-state index in [1.54, 1.807) is 24.0 Å². The summed E-state index contributed by atoms with van der Waals surface area (Å²) in [5.74, 6) is -3.09. The lowest BCUT2D eigenvalue weighted by atomic mass is 9.75. The summed E-state index contributed by atoms with van der Waals surface area (Å²) in [4.78, 5) is 45.4. The number of rotatable bonds is 5. The quantitative estimate of drug-likeness (QED) is 0.485. The van der Waals surface area contributed by atoms with Crippen molar-refractivity contribution in [3.05, 3.63) is 53.6 Å². The van der Waals surface area contributed by atoms with Crippen molar-refractivity contribution in [2.45, 2.75) is 64.3 Å². The first kappa shape index (κ1) is 25.7. The van der Waals surface area contributed by atoms with Gasteiger partial charge in [-0.1, -0.05) is 50.6 Å². The van der Waals surface area contributed by atoms with E-state index in [9.17, 15) is 19.5 Å². The van der Waals surface area contributed by atoms with Crippen molar-refractivity contribution < 1.29 is 29.0 Å². The van der Waals surface area contributed by atoms with Crippen LogP contribution in [0.1, 0.15) is 38.3 Å². The first-order chi connectivity index (χ1) is 17.6. The minimum absolute atomic E-state index is 0.0774. The smallest absolute Gasteiger partial charge is 0.313 e. The number of cyclic esters (lactones) is 1. The standard InChI is InChI=1S/C29H36N2O6/c1-6-18(3)21(16-32)31-24-26(34)30(20-15-17(2)9-10-19(20)4)13-7-12-29(24)22(25(31)33)23-27(35)36-14-8-11-28(23,5)37-29/h7-12,15,18,21-24,32H,6,13-14,16H2,1-5H3/t18-,21-,22-,23+,24?,28-,29-/m0/s1. The van der Waals surface area contributed by atoms with Gasteiger partial charge in [-0.2, -0.15) is 0 Å². The molecule has 1 spiro atoms. The maximum absolute atomic E-state index is 14.6. The fraction of sp³-hybridized carbons (Fsp3) is 0.552. The highest BCUT2D eigenvalue weighted by Gasteiger charge is 2.75. The Balaban J connectivity index is 1.71. The Morgan fingerprint density at radius 2 is 1.86 bits per heavy atom. The van der Waals surface area contributed by atoms with Crippen molar-refractivity contribution in [3.63, 3.8) is 0 Å². The number of benzene rings is 1. The molecule has 1 N–H and O–H groups in total. The summed E-state index contributed by atoms with van der Waals surface area (Å²) >= 11 is 0. The van der Waals surface area contributed by atoms with Crippen LogP contribution < -0.4 is 4.90 Å². The molecule has 1 unspecified atom stereocenters. The number of aliphatic hydroxyl groups excluding tert-OH is 1. The van der Waals surface area contributed by atoms with Crippen LogP contribution >= 0.6 is 0 Å². The molecule has 4 aliphatic heterocycles. The Labute approximate surface area is 217 Å². The maximum Gasteiger partial charge on any atom is 0.313 e. The number of hydrogen-bond acceptors (Lipinski definition) is 6. The molecule has 1 aromatic rings. The number of aryl methyl sites for hydroxylation is 2. The van der Waals surface area contributed by atoms with Crippen molar-refractivity contribution in [1.29, 1.82) is 0 Å². The molecule has 0 aromatic heterocycles. The molecule has 0 bridgehead atoms. The molecule has 0 radical (unpaired) electrons. The van der Waals surface area contributed by atoms with Gasteiger partial charge in [0.05, 0.1) is 24.2 Å². The Morgan fingerprint density at radius 1 is 1.11 bits per heavy atom. The summed E-state index contributed by atoms with van der Waals surface area (Å²) in [6, 6.07) is 4.30. The lowest BCUT2D eigenvalue weighted by Crippen LogP contribution is -2.60. The minimum Gasteiger partial charge on any atom is -0.461 e. The lowest BCUT2D eigenvalue weighted by Gasteiger charge is -2.41. The number of aliphatic hydroxyl groups is 1.